The first-order valence-electron chi connectivity index (χ1n) is 8.95. The van der Waals surface area contributed by atoms with Gasteiger partial charge in [0.1, 0.15) is 5.82 Å². The lowest BCUT2D eigenvalue weighted by Crippen LogP contribution is -2.27. The summed E-state index contributed by atoms with van der Waals surface area (Å²) in [5.74, 6) is -0.245. The fourth-order valence-electron chi connectivity index (χ4n) is 3.52. The van der Waals surface area contributed by atoms with Gasteiger partial charge >= 0.3 is 0 Å². The quantitative estimate of drug-likeness (QED) is 0.771. The number of hydrogen-bond donors (Lipinski definition) is 0. The van der Waals surface area contributed by atoms with Crippen LogP contribution in [0.3, 0.4) is 0 Å². The van der Waals surface area contributed by atoms with Crippen molar-refractivity contribution in [1.29, 1.82) is 5.26 Å². The summed E-state index contributed by atoms with van der Waals surface area (Å²) < 4.78 is 13.2. The van der Waals surface area contributed by atoms with Crippen LogP contribution in [0.15, 0.2) is 42.6 Å². The van der Waals surface area contributed by atoms with Gasteiger partial charge in [-0.15, -0.1) is 0 Å². The maximum absolute atomic E-state index is 13.2. The summed E-state index contributed by atoms with van der Waals surface area (Å²) in [4.78, 5) is 7.14. The maximum Gasteiger partial charge on any atom is 0.123 e. The molecule has 134 valence electrons. The second-order valence-corrected chi connectivity index (χ2v) is 7.49. The third-order valence-corrected chi connectivity index (χ3v) is 5.00. The standard InChI is InChI=1S/C22H24FN3/c1-5-15(2)26-14-22(3,4)21-20(26)13-17(19(25-21)10-11-24)12-16-6-8-18(23)9-7-16/h6-9,13H,2,5,10,12,14H2,1,3-4H3. The van der Waals surface area contributed by atoms with Crippen LogP contribution in [0.5, 0.6) is 0 Å². The summed E-state index contributed by atoms with van der Waals surface area (Å²) in [5, 5.41) is 9.24. The Balaban J connectivity index is 2.08. The first kappa shape index (κ1) is 18.1. The van der Waals surface area contributed by atoms with E-state index >= 15 is 0 Å². The summed E-state index contributed by atoms with van der Waals surface area (Å²) >= 11 is 0. The van der Waals surface area contributed by atoms with Crippen LogP contribution in [0, 0.1) is 17.1 Å². The van der Waals surface area contributed by atoms with E-state index in [0.29, 0.717) is 6.42 Å². The molecule has 1 aromatic heterocycles. The Labute approximate surface area is 154 Å². The highest BCUT2D eigenvalue weighted by atomic mass is 19.1. The van der Waals surface area contributed by atoms with Crippen LogP contribution >= 0.6 is 0 Å². The molecule has 3 nitrogen and oxygen atoms in total. The van der Waals surface area contributed by atoms with E-state index in [1.165, 1.54) is 12.1 Å². The van der Waals surface area contributed by atoms with Crippen molar-refractivity contribution in [3.05, 3.63) is 70.9 Å². The molecule has 4 heteroatoms. The average Bonchev–Trinajstić information content (AvgIpc) is 2.87. The van der Waals surface area contributed by atoms with E-state index in [1.807, 2.05) is 0 Å². The number of fused-ring (bicyclic) bond motifs is 1. The van der Waals surface area contributed by atoms with Crippen molar-refractivity contribution in [2.45, 2.75) is 45.4 Å². The van der Waals surface area contributed by atoms with Gasteiger partial charge in [-0.1, -0.05) is 39.5 Å². The van der Waals surface area contributed by atoms with E-state index in [-0.39, 0.29) is 17.7 Å². The molecule has 1 aliphatic rings. The molecule has 2 aromatic rings. The van der Waals surface area contributed by atoms with Crippen LogP contribution in [-0.2, 0) is 18.3 Å². The molecule has 0 saturated heterocycles. The Hall–Kier alpha value is -2.67. The largest absolute Gasteiger partial charge is 0.343 e. The third-order valence-electron chi connectivity index (χ3n) is 5.00. The summed E-state index contributed by atoms with van der Waals surface area (Å²) in [6.07, 6.45) is 1.78. The first-order chi connectivity index (χ1) is 12.4. The van der Waals surface area contributed by atoms with Crippen molar-refractivity contribution in [3.8, 4) is 6.07 Å². The van der Waals surface area contributed by atoms with Gasteiger partial charge in [-0.25, -0.2) is 4.39 Å². The van der Waals surface area contributed by atoms with Crippen LogP contribution in [0.25, 0.3) is 0 Å². The number of rotatable bonds is 5. The third kappa shape index (κ3) is 3.35. The van der Waals surface area contributed by atoms with Gasteiger partial charge in [-0.2, -0.15) is 5.26 Å². The Morgan fingerprint density at radius 3 is 2.65 bits per heavy atom. The molecule has 3 rings (SSSR count). The monoisotopic (exact) mass is 349 g/mol. The van der Waals surface area contributed by atoms with Gasteiger partial charge in [0, 0.05) is 17.7 Å². The Morgan fingerprint density at radius 1 is 1.35 bits per heavy atom. The lowest BCUT2D eigenvalue weighted by molar-refractivity contribution is 0.545. The number of aromatic nitrogens is 1. The number of hydrogen-bond acceptors (Lipinski definition) is 3. The molecular formula is C22H24FN3. The molecule has 0 spiro atoms. The molecule has 0 fully saturated rings. The molecule has 1 aliphatic heterocycles. The predicted molar refractivity (Wildman–Crippen MR) is 103 cm³/mol. The predicted octanol–water partition coefficient (Wildman–Crippen LogP) is 4.90. The average molecular weight is 349 g/mol. The molecule has 0 amide bonds. The minimum Gasteiger partial charge on any atom is -0.343 e. The van der Waals surface area contributed by atoms with E-state index in [4.69, 9.17) is 4.98 Å². The highest BCUT2D eigenvalue weighted by molar-refractivity contribution is 5.65. The highest BCUT2D eigenvalue weighted by Crippen LogP contribution is 2.42. The van der Waals surface area contributed by atoms with Crippen LogP contribution < -0.4 is 4.90 Å². The SMILES string of the molecule is C=C(CC)N1CC(C)(C)c2nc(CC#N)c(Cc3ccc(F)cc3)cc21. The lowest BCUT2D eigenvalue weighted by atomic mass is 9.90. The molecule has 0 saturated carbocycles. The number of anilines is 1. The molecular weight excluding hydrogens is 325 g/mol. The van der Waals surface area contributed by atoms with Crippen molar-refractivity contribution in [1.82, 2.24) is 4.98 Å². The van der Waals surface area contributed by atoms with Crippen molar-refractivity contribution in [3.63, 3.8) is 0 Å². The number of nitriles is 1. The van der Waals surface area contributed by atoms with Gasteiger partial charge in [0.25, 0.3) is 0 Å². The topological polar surface area (TPSA) is 39.9 Å². The van der Waals surface area contributed by atoms with Gasteiger partial charge in [-0.05, 0) is 42.2 Å². The summed E-state index contributed by atoms with van der Waals surface area (Å²) in [7, 11) is 0. The van der Waals surface area contributed by atoms with Crippen molar-refractivity contribution in [2.24, 2.45) is 0 Å². The van der Waals surface area contributed by atoms with Crippen molar-refractivity contribution < 1.29 is 4.39 Å². The molecule has 0 N–H and O–H groups in total. The van der Waals surface area contributed by atoms with Gasteiger partial charge < -0.3 is 4.90 Å². The molecule has 0 atom stereocenters. The zero-order valence-corrected chi connectivity index (χ0v) is 15.6. The van der Waals surface area contributed by atoms with Crippen molar-refractivity contribution in [2.75, 3.05) is 11.4 Å². The van der Waals surface area contributed by atoms with Crippen LogP contribution in [0.4, 0.5) is 10.1 Å². The number of nitrogens with zero attached hydrogens (tertiary/aromatic N) is 3. The first-order valence-corrected chi connectivity index (χ1v) is 8.95. The van der Waals surface area contributed by atoms with Crippen LogP contribution in [-0.4, -0.2) is 11.5 Å². The van der Waals surface area contributed by atoms with Gasteiger partial charge in [-0.3, -0.25) is 4.98 Å². The molecule has 1 aromatic carbocycles. The van der Waals surface area contributed by atoms with Crippen molar-refractivity contribution >= 4 is 5.69 Å². The number of allylic oxidation sites excluding steroid dienone is 1. The van der Waals surface area contributed by atoms with Gasteiger partial charge in [0.05, 0.1) is 29.6 Å². The molecule has 0 bridgehead atoms. The molecule has 0 aliphatic carbocycles. The van der Waals surface area contributed by atoms with E-state index in [0.717, 1.165) is 46.9 Å². The zero-order chi connectivity index (χ0) is 18.9. The number of halogens is 1. The van der Waals surface area contributed by atoms with Crippen LogP contribution in [0.2, 0.25) is 0 Å². The summed E-state index contributed by atoms with van der Waals surface area (Å²) in [6.45, 7) is 11.5. The molecule has 2 heterocycles. The van der Waals surface area contributed by atoms with E-state index in [1.54, 1.807) is 12.1 Å². The minimum atomic E-state index is -0.245. The van der Waals surface area contributed by atoms with E-state index in [2.05, 4.69) is 44.4 Å². The lowest BCUT2D eigenvalue weighted by Gasteiger charge is -2.23. The normalized spacial score (nSPS) is 14.8. The smallest absolute Gasteiger partial charge is 0.123 e. The maximum atomic E-state index is 13.2. The minimum absolute atomic E-state index is 0.0912. The van der Waals surface area contributed by atoms with Crippen LogP contribution in [0.1, 0.15) is 49.7 Å². The molecule has 26 heavy (non-hydrogen) atoms. The second kappa shape index (κ2) is 6.92. The molecule has 0 radical (unpaired) electrons. The van der Waals surface area contributed by atoms with Gasteiger partial charge in [0.15, 0.2) is 0 Å². The zero-order valence-electron chi connectivity index (χ0n) is 15.6. The number of benzene rings is 1. The summed E-state index contributed by atoms with van der Waals surface area (Å²) in [5.41, 5.74) is 5.92. The summed E-state index contributed by atoms with van der Waals surface area (Å²) in [6, 6.07) is 10.9. The Kier molecular flexibility index (Phi) is 4.82. The Bertz CT molecular complexity index is 875. The molecule has 0 unspecified atom stereocenters. The number of pyridine rings is 1. The highest BCUT2D eigenvalue weighted by Gasteiger charge is 2.38. The fourth-order valence-corrected chi connectivity index (χ4v) is 3.52. The fraction of sp³-hybridized carbons (Fsp3) is 0.364. The Morgan fingerprint density at radius 2 is 2.04 bits per heavy atom. The van der Waals surface area contributed by atoms with Gasteiger partial charge in [0.2, 0.25) is 0 Å². The van der Waals surface area contributed by atoms with E-state index < -0.39 is 0 Å². The second-order valence-electron chi connectivity index (χ2n) is 7.49. The van der Waals surface area contributed by atoms with E-state index in [9.17, 15) is 9.65 Å².